The Labute approximate surface area is 112 Å². The predicted molar refractivity (Wildman–Crippen MR) is 75.5 cm³/mol. The summed E-state index contributed by atoms with van der Waals surface area (Å²) < 4.78 is 0. The van der Waals surface area contributed by atoms with E-state index < -0.39 is 0 Å². The maximum absolute atomic E-state index is 11.9. The lowest BCUT2D eigenvalue weighted by atomic mass is 10.1. The van der Waals surface area contributed by atoms with E-state index in [-0.39, 0.29) is 12.3 Å². The van der Waals surface area contributed by atoms with E-state index in [1.165, 1.54) is 0 Å². The zero-order chi connectivity index (χ0) is 13.0. The number of anilines is 1. The van der Waals surface area contributed by atoms with Gasteiger partial charge < -0.3 is 5.32 Å². The number of Topliss-reactive ketones (excluding diaryl/α,β-unsaturated/α-hetero) is 1. The quantitative estimate of drug-likeness (QED) is 0.843. The van der Waals surface area contributed by atoms with E-state index in [2.05, 4.69) is 5.32 Å². The van der Waals surface area contributed by atoms with Gasteiger partial charge in [-0.05, 0) is 24.6 Å². The molecule has 0 amide bonds. The highest BCUT2D eigenvalue weighted by molar-refractivity contribution is 6.30. The van der Waals surface area contributed by atoms with Crippen molar-refractivity contribution in [3.05, 3.63) is 64.7 Å². The highest BCUT2D eigenvalue weighted by Gasteiger charge is 2.05. The van der Waals surface area contributed by atoms with E-state index in [0.717, 1.165) is 11.3 Å². The number of nitrogens with one attached hydrogen (secondary N) is 1. The summed E-state index contributed by atoms with van der Waals surface area (Å²) in [5.41, 5.74) is 2.68. The number of aryl methyl sites for hydroxylation is 1. The summed E-state index contributed by atoms with van der Waals surface area (Å²) in [7, 11) is 0. The van der Waals surface area contributed by atoms with Gasteiger partial charge in [-0.15, -0.1) is 0 Å². The molecule has 0 aliphatic heterocycles. The molecule has 0 aromatic heterocycles. The zero-order valence-electron chi connectivity index (χ0n) is 10.1. The Morgan fingerprint density at radius 2 is 1.89 bits per heavy atom. The summed E-state index contributed by atoms with van der Waals surface area (Å²) in [6, 6.07) is 14.8. The molecule has 0 radical (unpaired) electrons. The summed E-state index contributed by atoms with van der Waals surface area (Å²) in [6.45, 7) is 2.25. The van der Waals surface area contributed by atoms with Crippen LogP contribution in [0.15, 0.2) is 48.5 Å². The molecule has 1 N–H and O–H groups in total. The van der Waals surface area contributed by atoms with Gasteiger partial charge in [-0.2, -0.15) is 0 Å². The molecule has 2 rings (SSSR count). The number of ketones is 1. The first-order chi connectivity index (χ1) is 8.66. The fourth-order valence-corrected chi connectivity index (χ4v) is 1.86. The Hall–Kier alpha value is -1.80. The molecule has 2 nitrogen and oxygen atoms in total. The Morgan fingerprint density at radius 1 is 1.17 bits per heavy atom. The predicted octanol–water partition coefficient (Wildman–Crippen LogP) is 3.94. The Morgan fingerprint density at radius 3 is 2.61 bits per heavy atom. The summed E-state index contributed by atoms with van der Waals surface area (Å²) >= 11 is 5.92. The SMILES string of the molecule is Cc1ccc(Cl)cc1NCC(=O)c1ccccc1. The van der Waals surface area contributed by atoms with Crippen molar-refractivity contribution in [3.63, 3.8) is 0 Å². The van der Waals surface area contributed by atoms with Crippen LogP contribution in [0.25, 0.3) is 0 Å². The number of carbonyl (C=O) groups is 1. The lowest BCUT2D eigenvalue weighted by molar-refractivity contribution is 0.101. The highest BCUT2D eigenvalue weighted by atomic mass is 35.5. The second-order valence-corrected chi connectivity index (χ2v) is 4.54. The van der Waals surface area contributed by atoms with Gasteiger partial charge >= 0.3 is 0 Å². The maximum atomic E-state index is 11.9. The third-order valence-corrected chi connectivity index (χ3v) is 2.97. The molecule has 0 spiro atoms. The number of halogens is 1. The summed E-state index contributed by atoms with van der Waals surface area (Å²) in [5, 5.41) is 3.78. The van der Waals surface area contributed by atoms with Gasteiger partial charge in [-0.1, -0.05) is 48.0 Å². The second kappa shape index (κ2) is 5.69. The summed E-state index contributed by atoms with van der Waals surface area (Å²) in [5.74, 6) is 0.0648. The average Bonchev–Trinajstić information content (AvgIpc) is 2.40. The van der Waals surface area contributed by atoms with Gasteiger partial charge in [0.05, 0.1) is 6.54 Å². The fourth-order valence-electron chi connectivity index (χ4n) is 1.69. The maximum Gasteiger partial charge on any atom is 0.181 e. The number of carbonyl (C=O) groups excluding carboxylic acids is 1. The number of benzene rings is 2. The van der Waals surface area contributed by atoms with Crippen molar-refractivity contribution >= 4 is 23.1 Å². The monoisotopic (exact) mass is 259 g/mol. The topological polar surface area (TPSA) is 29.1 Å². The van der Waals surface area contributed by atoms with Crippen molar-refractivity contribution in [2.24, 2.45) is 0 Å². The van der Waals surface area contributed by atoms with Gasteiger partial charge in [-0.25, -0.2) is 0 Å². The van der Waals surface area contributed by atoms with E-state index in [9.17, 15) is 4.79 Å². The molecule has 2 aromatic rings. The number of rotatable bonds is 4. The third kappa shape index (κ3) is 3.11. The van der Waals surface area contributed by atoms with Crippen LogP contribution in [0.4, 0.5) is 5.69 Å². The van der Waals surface area contributed by atoms with Crippen LogP contribution in [0.1, 0.15) is 15.9 Å². The number of hydrogen-bond donors (Lipinski definition) is 1. The molecule has 0 atom stereocenters. The van der Waals surface area contributed by atoms with Gasteiger partial charge in [0.1, 0.15) is 0 Å². The Balaban J connectivity index is 2.04. The lowest BCUT2D eigenvalue weighted by Gasteiger charge is -2.09. The summed E-state index contributed by atoms with van der Waals surface area (Å²) in [6.07, 6.45) is 0. The molecule has 0 heterocycles. The van der Waals surface area contributed by atoms with E-state index in [1.54, 1.807) is 0 Å². The first-order valence-electron chi connectivity index (χ1n) is 5.75. The fraction of sp³-hybridized carbons (Fsp3) is 0.133. The first-order valence-corrected chi connectivity index (χ1v) is 6.13. The van der Waals surface area contributed by atoms with Crippen LogP contribution in [0.3, 0.4) is 0 Å². The normalized spacial score (nSPS) is 10.1. The molecule has 2 aromatic carbocycles. The van der Waals surface area contributed by atoms with Crippen LogP contribution in [0.2, 0.25) is 5.02 Å². The molecule has 0 saturated carbocycles. The average molecular weight is 260 g/mol. The van der Waals surface area contributed by atoms with Crippen LogP contribution >= 0.6 is 11.6 Å². The minimum atomic E-state index is 0.0648. The minimum absolute atomic E-state index is 0.0648. The molecule has 0 bridgehead atoms. The second-order valence-electron chi connectivity index (χ2n) is 4.10. The molecular formula is C15H14ClNO. The first kappa shape index (κ1) is 12.7. The van der Waals surface area contributed by atoms with Crippen molar-refractivity contribution in [3.8, 4) is 0 Å². The van der Waals surface area contributed by atoms with Crippen LogP contribution in [0, 0.1) is 6.92 Å². The van der Waals surface area contributed by atoms with E-state index in [4.69, 9.17) is 11.6 Å². The molecule has 0 saturated heterocycles. The molecule has 0 unspecified atom stereocenters. The zero-order valence-corrected chi connectivity index (χ0v) is 10.9. The van der Waals surface area contributed by atoms with E-state index in [1.807, 2.05) is 55.5 Å². The van der Waals surface area contributed by atoms with Crippen LogP contribution in [-0.4, -0.2) is 12.3 Å². The highest BCUT2D eigenvalue weighted by Crippen LogP contribution is 2.20. The van der Waals surface area contributed by atoms with E-state index >= 15 is 0 Å². The molecule has 0 aliphatic carbocycles. The van der Waals surface area contributed by atoms with Crippen molar-refractivity contribution < 1.29 is 4.79 Å². The van der Waals surface area contributed by atoms with Gasteiger partial charge in [0.2, 0.25) is 0 Å². The molecule has 18 heavy (non-hydrogen) atoms. The summed E-state index contributed by atoms with van der Waals surface area (Å²) in [4.78, 5) is 11.9. The largest absolute Gasteiger partial charge is 0.377 e. The molecule has 0 aliphatic rings. The van der Waals surface area contributed by atoms with Crippen molar-refractivity contribution in [2.45, 2.75) is 6.92 Å². The lowest BCUT2D eigenvalue weighted by Crippen LogP contribution is -2.14. The van der Waals surface area contributed by atoms with Crippen molar-refractivity contribution in [1.82, 2.24) is 0 Å². The van der Waals surface area contributed by atoms with E-state index in [0.29, 0.717) is 10.6 Å². The minimum Gasteiger partial charge on any atom is -0.377 e. The van der Waals surface area contributed by atoms with Crippen LogP contribution in [0.5, 0.6) is 0 Å². The van der Waals surface area contributed by atoms with Crippen LogP contribution in [-0.2, 0) is 0 Å². The van der Waals surface area contributed by atoms with Crippen molar-refractivity contribution in [1.29, 1.82) is 0 Å². The number of hydrogen-bond acceptors (Lipinski definition) is 2. The Bertz CT molecular complexity index is 552. The van der Waals surface area contributed by atoms with Gasteiger partial charge in [0.25, 0.3) is 0 Å². The van der Waals surface area contributed by atoms with Crippen LogP contribution < -0.4 is 5.32 Å². The molecular weight excluding hydrogens is 246 g/mol. The standard InChI is InChI=1S/C15H14ClNO/c1-11-7-8-13(16)9-14(11)17-10-15(18)12-5-3-2-4-6-12/h2-9,17H,10H2,1H3. The molecule has 3 heteroatoms. The molecule has 0 fully saturated rings. The smallest absolute Gasteiger partial charge is 0.181 e. The van der Waals surface area contributed by atoms with Gasteiger partial charge in [-0.3, -0.25) is 4.79 Å². The van der Waals surface area contributed by atoms with Gasteiger partial charge in [0.15, 0.2) is 5.78 Å². The molecule has 92 valence electrons. The Kier molecular flexibility index (Phi) is 4.00. The van der Waals surface area contributed by atoms with Crippen molar-refractivity contribution in [2.75, 3.05) is 11.9 Å². The van der Waals surface area contributed by atoms with Gasteiger partial charge in [0, 0.05) is 16.3 Å². The third-order valence-electron chi connectivity index (χ3n) is 2.73.